The average Bonchev–Trinajstić information content (AvgIpc) is 2.98. The molecule has 2 atom stereocenters. The molecule has 1 aromatic heterocycles. The minimum Gasteiger partial charge on any atom is -0.309 e. The molecule has 1 aromatic rings. The molecule has 1 N–H and O–H groups in total. The molecule has 1 heterocycles. The lowest BCUT2D eigenvalue weighted by molar-refractivity contribution is 0.359. The second-order valence-electron chi connectivity index (χ2n) is 4.36. The van der Waals surface area contributed by atoms with E-state index in [0.29, 0.717) is 6.04 Å². The Morgan fingerprint density at radius 2 is 2.33 bits per heavy atom. The third-order valence-electron chi connectivity index (χ3n) is 3.24. The van der Waals surface area contributed by atoms with Crippen molar-refractivity contribution < 1.29 is 0 Å². The predicted molar refractivity (Wildman–Crippen MR) is 70.3 cm³/mol. The summed E-state index contributed by atoms with van der Waals surface area (Å²) in [5.41, 5.74) is 0. The third-order valence-corrected chi connectivity index (χ3v) is 5.20. The fourth-order valence-corrected chi connectivity index (χ4v) is 3.97. The van der Waals surface area contributed by atoms with Crippen molar-refractivity contribution in [2.75, 3.05) is 6.54 Å². The van der Waals surface area contributed by atoms with Crippen LogP contribution in [0.3, 0.4) is 0 Å². The Kier molecular flexibility index (Phi) is 3.86. The molecular weight excluding hydrogens is 270 g/mol. The lowest BCUT2D eigenvalue weighted by Crippen LogP contribution is -2.27. The van der Waals surface area contributed by atoms with Gasteiger partial charge in [-0.2, -0.15) is 0 Å². The second-order valence-corrected chi connectivity index (χ2v) is 6.17. The molecule has 1 saturated carbocycles. The fraction of sp³-hybridized carbons (Fsp3) is 0.667. The molecule has 0 aromatic carbocycles. The van der Waals surface area contributed by atoms with Gasteiger partial charge in [0.15, 0.2) is 0 Å². The number of rotatable bonds is 5. The van der Waals surface area contributed by atoms with Gasteiger partial charge >= 0.3 is 0 Å². The SMILES string of the molecule is CCNC(c1sccc1Br)C(C)C1CC1. The first-order valence-electron chi connectivity index (χ1n) is 5.70. The van der Waals surface area contributed by atoms with Crippen LogP contribution in [0, 0.1) is 11.8 Å². The maximum absolute atomic E-state index is 3.65. The summed E-state index contributed by atoms with van der Waals surface area (Å²) in [4.78, 5) is 1.47. The van der Waals surface area contributed by atoms with Crippen molar-refractivity contribution >= 4 is 27.3 Å². The first-order valence-corrected chi connectivity index (χ1v) is 7.37. The van der Waals surface area contributed by atoms with Gasteiger partial charge in [0.05, 0.1) is 0 Å². The van der Waals surface area contributed by atoms with E-state index in [9.17, 15) is 0 Å². The molecule has 0 saturated heterocycles. The van der Waals surface area contributed by atoms with E-state index >= 15 is 0 Å². The largest absolute Gasteiger partial charge is 0.309 e. The second kappa shape index (κ2) is 4.98. The molecule has 1 aliphatic rings. The maximum Gasteiger partial charge on any atom is 0.0454 e. The summed E-state index contributed by atoms with van der Waals surface area (Å²) in [5, 5.41) is 5.80. The predicted octanol–water partition coefficient (Wildman–Crippen LogP) is 4.21. The Bertz CT molecular complexity index is 319. The Balaban J connectivity index is 2.14. The van der Waals surface area contributed by atoms with Crippen LogP contribution < -0.4 is 5.32 Å². The van der Waals surface area contributed by atoms with Crippen LogP contribution in [0.25, 0.3) is 0 Å². The van der Waals surface area contributed by atoms with Gasteiger partial charge in [-0.15, -0.1) is 11.3 Å². The zero-order chi connectivity index (χ0) is 10.8. The first-order chi connectivity index (χ1) is 7.24. The molecule has 0 spiro atoms. The number of hydrogen-bond acceptors (Lipinski definition) is 2. The monoisotopic (exact) mass is 287 g/mol. The Labute approximate surface area is 104 Å². The smallest absolute Gasteiger partial charge is 0.0454 e. The highest BCUT2D eigenvalue weighted by Crippen LogP contribution is 2.45. The van der Waals surface area contributed by atoms with Crippen LogP contribution in [0.15, 0.2) is 15.9 Å². The summed E-state index contributed by atoms with van der Waals surface area (Å²) in [6, 6.07) is 2.70. The molecule has 0 amide bonds. The normalized spacial score (nSPS) is 20.2. The third kappa shape index (κ3) is 2.63. The molecule has 0 radical (unpaired) electrons. The maximum atomic E-state index is 3.65. The van der Waals surface area contributed by atoms with E-state index in [4.69, 9.17) is 0 Å². The number of thiophene rings is 1. The molecule has 84 valence electrons. The van der Waals surface area contributed by atoms with E-state index < -0.39 is 0 Å². The standard InChI is InChI=1S/C12H18BrNS/c1-3-14-11(8(2)9-4-5-9)12-10(13)6-7-15-12/h6-9,11,14H,3-5H2,1-2H3. The Morgan fingerprint density at radius 1 is 1.60 bits per heavy atom. The van der Waals surface area contributed by atoms with Crippen molar-refractivity contribution in [1.29, 1.82) is 0 Å². The van der Waals surface area contributed by atoms with Gasteiger partial charge in [-0.05, 0) is 58.6 Å². The molecule has 0 aliphatic heterocycles. The van der Waals surface area contributed by atoms with Crippen molar-refractivity contribution in [3.05, 3.63) is 20.8 Å². The number of halogens is 1. The molecule has 15 heavy (non-hydrogen) atoms. The molecule has 1 nitrogen and oxygen atoms in total. The van der Waals surface area contributed by atoms with Gasteiger partial charge in [-0.1, -0.05) is 13.8 Å². The molecule has 2 unspecified atom stereocenters. The number of nitrogens with one attached hydrogen (secondary N) is 1. The van der Waals surface area contributed by atoms with Crippen molar-refractivity contribution in [2.45, 2.75) is 32.7 Å². The van der Waals surface area contributed by atoms with Crippen LogP contribution in [0.2, 0.25) is 0 Å². The molecule has 2 rings (SSSR count). The van der Waals surface area contributed by atoms with Gasteiger partial charge in [0.25, 0.3) is 0 Å². The Hall–Kier alpha value is 0.140. The molecule has 0 bridgehead atoms. The summed E-state index contributed by atoms with van der Waals surface area (Å²) in [6.45, 7) is 5.62. The van der Waals surface area contributed by atoms with Gasteiger partial charge < -0.3 is 5.32 Å². The van der Waals surface area contributed by atoms with Crippen molar-refractivity contribution in [2.24, 2.45) is 11.8 Å². The number of hydrogen-bond donors (Lipinski definition) is 1. The first kappa shape index (κ1) is 11.6. The fourth-order valence-electron chi connectivity index (χ4n) is 2.16. The van der Waals surface area contributed by atoms with Crippen LogP contribution in [-0.2, 0) is 0 Å². The van der Waals surface area contributed by atoms with E-state index in [-0.39, 0.29) is 0 Å². The van der Waals surface area contributed by atoms with Crippen LogP contribution >= 0.6 is 27.3 Å². The quantitative estimate of drug-likeness (QED) is 0.856. The highest BCUT2D eigenvalue weighted by atomic mass is 79.9. The minimum absolute atomic E-state index is 0.539. The summed E-state index contributed by atoms with van der Waals surface area (Å²) in [6.07, 6.45) is 2.85. The molecule has 1 fully saturated rings. The lowest BCUT2D eigenvalue weighted by Gasteiger charge is -2.24. The highest BCUT2D eigenvalue weighted by Gasteiger charge is 2.34. The van der Waals surface area contributed by atoms with Gasteiger partial charge in [0.1, 0.15) is 0 Å². The van der Waals surface area contributed by atoms with E-state index in [2.05, 4.69) is 46.5 Å². The van der Waals surface area contributed by atoms with Crippen LogP contribution in [0.5, 0.6) is 0 Å². The van der Waals surface area contributed by atoms with E-state index in [1.807, 2.05) is 11.3 Å². The summed E-state index contributed by atoms with van der Waals surface area (Å²) >= 11 is 5.51. The van der Waals surface area contributed by atoms with Crippen LogP contribution in [0.1, 0.15) is 37.6 Å². The highest BCUT2D eigenvalue weighted by molar-refractivity contribution is 9.10. The Morgan fingerprint density at radius 3 is 2.80 bits per heavy atom. The van der Waals surface area contributed by atoms with Crippen LogP contribution in [-0.4, -0.2) is 6.54 Å². The van der Waals surface area contributed by atoms with E-state index in [0.717, 1.165) is 18.4 Å². The van der Waals surface area contributed by atoms with Crippen molar-refractivity contribution in [3.8, 4) is 0 Å². The van der Waals surface area contributed by atoms with Gasteiger partial charge in [-0.3, -0.25) is 0 Å². The van der Waals surface area contributed by atoms with Crippen molar-refractivity contribution in [3.63, 3.8) is 0 Å². The summed E-state index contributed by atoms with van der Waals surface area (Å²) < 4.78 is 1.27. The molecular formula is C12H18BrNS. The lowest BCUT2D eigenvalue weighted by atomic mass is 9.95. The van der Waals surface area contributed by atoms with Gasteiger partial charge in [0.2, 0.25) is 0 Å². The van der Waals surface area contributed by atoms with Crippen molar-refractivity contribution in [1.82, 2.24) is 5.32 Å². The van der Waals surface area contributed by atoms with Gasteiger partial charge in [0, 0.05) is 15.4 Å². The van der Waals surface area contributed by atoms with E-state index in [1.54, 1.807) is 0 Å². The molecule has 1 aliphatic carbocycles. The minimum atomic E-state index is 0.539. The van der Waals surface area contributed by atoms with E-state index in [1.165, 1.54) is 22.2 Å². The van der Waals surface area contributed by atoms with Gasteiger partial charge in [-0.25, -0.2) is 0 Å². The average molecular weight is 288 g/mol. The zero-order valence-electron chi connectivity index (χ0n) is 9.29. The zero-order valence-corrected chi connectivity index (χ0v) is 11.7. The van der Waals surface area contributed by atoms with Crippen LogP contribution in [0.4, 0.5) is 0 Å². The molecule has 3 heteroatoms. The summed E-state index contributed by atoms with van der Waals surface area (Å²) in [5.74, 6) is 1.71. The summed E-state index contributed by atoms with van der Waals surface area (Å²) in [7, 11) is 0. The topological polar surface area (TPSA) is 12.0 Å².